The lowest BCUT2D eigenvalue weighted by molar-refractivity contribution is 0.0686. The molecule has 0 bridgehead atoms. The van der Waals surface area contributed by atoms with Gasteiger partial charge in [-0.2, -0.15) is 0 Å². The number of pyridine rings is 1. The minimum atomic E-state index is -1.01. The molecule has 0 aliphatic heterocycles. The van der Waals surface area contributed by atoms with E-state index in [1.807, 2.05) is 51.1 Å². The number of nitrogens with zero attached hydrogens (tertiary/aromatic N) is 2. The molecule has 23 heavy (non-hydrogen) atoms. The Balaban J connectivity index is 1.99. The molecule has 118 valence electrons. The number of hydrogen-bond acceptors (Lipinski definition) is 3. The molecule has 3 rings (SSSR count). The van der Waals surface area contributed by atoms with Gasteiger partial charge < -0.3 is 9.84 Å². The molecule has 0 aliphatic carbocycles. The Morgan fingerprint density at radius 1 is 1.22 bits per heavy atom. The number of carboxylic acid groups (broad SMARTS) is 1. The second-order valence-electron chi connectivity index (χ2n) is 5.65. The molecule has 3 aromatic rings. The molecule has 2 heterocycles. The molecular formula is C18H18N2O3. The third-order valence-corrected chi connectivity index (χ3v) is 3.83. The van der Waals surface area contributed by atoms with Gasteiger partial charge in [0.2, 0.25) is 0 Å². The highest BCUT2D eigenvalue weighted by Gasteiger charge is 2.20. The normalized spacial score (nSPS) is 10.9. The fourth-order valence-corrected chi connectivity index (χ4v) is 2.59. The van der Waals surface area contributed by atoms with Gasteiger partial charge >= 0.3 is 5.97 Å². The van der Waals surface area contributed by atoms with Gasteiger partial charge in [0, 0.05) is 6.20 Å². The van der Waals surface area contributed by atoms with Crippen LogP contribution in [0.3, 0.4) is 0 Å². The molecule has 0 fully saturated rings. The summed E-state index contributed by atoms with van der Waals surface area (Å²) < 4.78 is 7.42. The second-order valence-corrected chi connectivity index (χ2v) is 5.65. The first kappa shape index (κ1) is 15.1. The Labute approximate surface area is 134 Å². The molecule has 0 amide bonds. The van der Waals surface area contributed by atoms with Gasteiger partial charge in [0.05, 0.1) is 0 Å². The van der Waals surface area contributed by atoms with Crippen LogP contribution in [0.25, 0.3) is 5.65 Å². The molecule has 1 aromatic carbocycles. The molecule has 2 aromatic heterocycles. The van der Waals surface area contributed by atoms with Crippen LogP contribution in [0.15, 0.2) is 36.5 Å². The van der Waals surface area contributed by atoms with Crippen LogP contribution in [-0.2, 0) is 6.61 Å². The molecule has 0 atom stereocenters. The van der Waals surface area contributed by atoms with E-state index in [0.29, 0.717) is 11.3 Å². The summed E-state index contributed by atoms with van der Waals surface area (Å²) in [4.78, 5) is 16.1. The van der Waals surface area contributed by atoms with Crippen molar-refractivity contribution in [3.63, 3.8) is 0 Å². The van der Waals surface area contributed by atoms with Crippen LogP contribution in [0, 0.1) is 20.8 Å². The van der Waals surface area contributed by atoms with E-state index in [1.54, 1.807) is 10.6 Å². The Morgan fingerprint density at radius 3 is 2.74 bits per heavy atom. The lowest BCUT2D eigenvalue weighted by Crippen LogP contribution is -2.08. The van der Waals surface area contributed by atoms with Gasteiger partial charge in [-0.15, -0.1) is 0 Å². The average molecular weight is 310 g/mol. The predicted octanol–water partition coefficient (Wildman–Crippen LogP) is 3.54. The Hall–Kier alpha value is -2.82. The number of aromatic carboxylic acids is 1. The maximum Gasteiger partial charge on any atom is 0.354 e. The van der Waals surface area contributed by atoms with E-state index in [9.17, 15) is 9.90 Å². The Morgan fingerprint density at radius 2 is 2.00 bits per heavy atom. The number of fused-ring (bicyclic) bond motifs is 1. The zero-order valence-electron chi connectivity index (χ0n) is 13.3. The number of hydrogen-bond donors (Lipinski definition) is 1. The quantitative estimate of drug-likeness (QED) is 0.800. The smallest absolute Gasteiger partial charge is 0.354 e. The fourth-order valence-electron chi connectivity index (χ4n) is 2.59. The topological polar surface area (TPSA) is 63.8 Å². The van der Waals surface area contributed by atoms with Crippen LogP contribution >= 0.6 is 0 Å². The molecule has 0 saturated heterocycles. The monoisotopic (exact) mass is 310 g/mol. The van der Waals surface area contributed by atoms with Gasteiger partial charge in [-0.05, 0) is 49.6 Å². The number of rotatable bonds is 4. The Kier molecular flexibility index (Phi) is 3.78. The molecule has 0 spiro atoms. The van der Waals surface area contributed by atoms with E-state index >= 15 is 0 Å². The summed E-state index contributed by atoms with van der Waals surface area (Å²) in [6.45, 7) is 5.97. The van der Waals surface area contributed by atoms with E-state index in [0.717, 1.165) is 22.4 Å². The van der Waals surface area contributed by atoms with Crippen molar-refractivity contribution in [2.45, 2.75) is 27.4 Å². The minimum absolute atomic E-state index is 0.118. The van der Waals surface area contributed by atoms with E-state index in [1.165, 1.54) is 0 Å². The molecule has 0 unspecified atom stereocenters. The zero-order chi connectivity index (χ0) is 16.6. The summed E-state index contributed by atoms with van der Waals surface area (Å²) in [5.41, 5.74) is 4.24. The molecule has 5 nitrogen and oxygen atoms in total. The van der Waals surface area contributed by atoms with Gasteiger partial charge in [0.25, 0.3) is 0 Å². The summed E-state index contributed by atoms with van der Waals surface area (Å²) in [5.74, 6) is -0.266. The van der Waals surface area contributed by atoms with Crippen LogP contribution < -0.4 is 4.74 Å². The Bertz CT molecular complexity index is 897. The SMILES string of the molecule is Cc1ccc(C)c(OCc2nc3c(C)cccn3c2C(=O)O)c1. The van der Waals surface area contributed by atoms with Crippen LogP contribution in [0.2, 0.25) is 0 Å². The number of carboxylic acids is 1. The van der Waals surface area contributed by atoms with Crippen molar-refractivity contribution in [1.29, 1.82) is 0 Å². The van der Waals surface area contributed by atoms with Crippen LogP contribution in [0.1, 0.15) is 32.9 Å². The zero-order valence-corrected chi connectivity index (χ0v) is 13.3. The molecule has 0 aliphatic rings. The third-order valence-electron chi connectivity index (χ3n) is 3.83. The van der Waals surface area contributed by atoms with Crippen LogP contribution in [0.5, 0.6) is 5.75 Å². The fraction of sp³-hybridized carbons (Fsp3) is 0.222. The number of imidazole rings is 1. The minimum Gasteiger partial charge on any atom is -0.487 e. The summed E-state index contributed by atoms with van der Waals surface area (Å²) >= 11 is 0. The summed E-state index contributed by atoms with van der Waals surface area (Å²) in [7, 11) is 0. The van der Waals surface area contributed by atoms with Crippen molar-refractivity contribution in [1.82, 2.24) is 9.38 Å². The van der Waals surface area contributed by atoms with E-state index < -0.39 is 5.97 Å². The predicted molar refractivity (Wildman–Crippen MR) is 87.1 cm³/mol. The maximum atomic E-state index is 11.6. The van der Waals surface area contributed by atoms with Gasteiger partial charge in [-0.3, -0.25) is 4.40 Å². The number of ether oxygens (including phenoxy) is 1. The van der Waals surface area contributed by atoms with Crippen molar-refractivity contribution in [2.75, 3.05) is 0 Å². The van der Waals surface area contributed by atoms with E-state index in [-0.39, 0.29) is 12.3 Å². The van der Waals surface area contributed by atoms with Crippen molar-refractivity contribution >= 4 is 11.6 Å². The number of aryl methyl sites for hydroxylation is 3. The highest BCUT2D eigenvalue weighted by Crippen LogP contribution is 2.22. The molecular weight excluding hydrogens is 292 g/mol. The van der Waals surface area contributed by atoms with Crippen molar-refractivity contribution in [2.24, 2.45) is 0 Å². The summed E-state index contributed by atoms with van der Waals surface area (Å²) in [5, 5.41) is 9.52. The second kappa shape index (κ2) is 5.76. The largest absolute Gasteiger partial charge is 0.487 e. The van der Waals surface area contributed by atoms with Crippen molar-refractivity contribution < 1.29 is 14.6 Å². The van der Waals surface area contributed by atoms with Gasteiger partial charge in [0.15, 0.2) is 5.69 Å². The van der Waals surface area contributed by atoms with E-state index in [4.69, 9.17) is 4.74 Å². The van der Waals surface area contributed by atoms with Crippen molar-refractivity contribution in [3.8, 4) is 5.75 Å². The average Bonchev–Trinajstić information content (AvgIpc) is 2.88. The van der Waals surface area contributed by atoms with E-state index in [2.05, 4.69) is 4.98 Å². The highest BCUT2D eigenvalue weighted by atomic mass is 16.5. The van der Waals surface area contributed by atoms with Crippen LogP contribution in [0.4, 0.5) is 0 Å². The molecule has 0 saturated carbocycles. The van der Waals surface area contributed by atoms with Gasteiger partial charge in [-0.25, -0.2) is 9.78 Å². The third kappa shape index (κ3) is 2.77. The lowest BCUT2D eigenvalue weighted by atomic mass is 10.1. The standard InChI is InChI=1S/C18H18N2O3/c1-11-6-7-12(2)15(9-11)23-10-14-16(18(21)22)20-8-4-5-13(3)17(20)19-14/h4-9H,10H2,1-3H3,(H,21,22). The lowest BCUT2D eigenvalue weighted by Gasteiger charge is -2.09. The first-order valence-electron chi connectivity index (χ1n) is 7.37. The summed E-state index contributed by atoms with van der Waals surface area (Å²) in [6, 6.07) is 9.65. The molecule has 0 radical (unpaired) electrons. The molecule has 1 N–H and O–H groups in total. The van der Waals surface area contributed by atoms with Crippen LogP contribution in [-0.4, -0.2) is 20.5 Å². The molecule has 5 heteroatoms. The maximum absolute atomic E-state index is 11.6. The van der Waals surface area contributed by atoms with Gasteiger partial charge in [0.1, 0.15) is 23.7 Å². The number of benzene rings is 1. The first-order chi connectivity index (χ1) is 11.0. The van der Waals surface area contributed by atoms with Gasteiger partial charge in [-0.1, -0.05) is 18.2 Å². The number of carbonyl (C=O) groups is 1. The summed E-state index contributed by atoms with van der Waals surface area (Å²) in [6.07, 6.45) is 1.71. The number of aromatic nitrogens is 2. The first-order valence-corrected chi connectivity index (χ1v) is 7.37. The van der Waals surface area contributed by atoms with Crippen molar-refractivity contribution in [3.05, 3.63) is 64.6 Å². The highest BCUT2D eigenvalue weighted by molar-refractivity contribution is 5.88.